The first kappa shape index (κ1) is 16.0. The van der Waals surface area contributed by atoms with E-state index in [4.69, 9.17) is 0 Å². The van der Waals surface area contributed by atoms with Gasteiger partial charge in [0, 0.05) is 17.5 Å². The molecule has 1 saturated heterocycles. The third-order valence-corrected chi connectivity index (χ3v) is 6.24. The Balaban J connectivity index is 1.78. The lowest BCUT2D eigenvalue weighted by Crippen LogP contribution is -2.46. The first-order valence-corrected chi connectivity index (χ1v) is 9.64. The van der Waals surface area contributed by atoms with Gasteiger partial charge in [-0.1, -0.05) is 13.8 Å². The Morgan fingerprint density at radius 1 is 1.36 bits per heavy atom. The summed E-state index contributed by atoms with van der Waals surface area (Å²) < 4.78 is 0. The maximum absolute atomic E-state index is 13.0. The van der Waals surface area contributed by atoms with Crippen molar-refractivity contribution < 1.29 is 4.79 Å². The number of hydrogen-bond acceptors (Lipinski definition) is 3. The van der Waals surface area contributed by atoms with Crippen LogP contribution < -0.4 is 5.32 Å². The van der Waals surface area contributed by atoms with Crippen LogP contribution in [0.25, 0.3) is 0 Å². The molecule has 0 bridgehead atoms. The minimum absolute atomic E-state index is 0.279. The molecule has 3 nitrogen and oxygen atoms in total. The van der Waals surface area contributed by atoms with Crippen LogP contribution in [0.4, 0.5) is 0 Å². The van der Waals surface area contributed by atoms with E-state index < -0.39 is 0 Å². The summed E-state index contributed by atoms with van der Waals surface area (Å²) in [5.41, 5.74) is 1.44. The Morgan fingerprint density at radius 3 is 2.86 bits per heavy atom. The van der Waals surface area contributed by atoms with Crippen molar-refractivity contribution in [1.82, 2.24) is 10.2 Å². The summed E-state index contributed by atoms with van der Waals surface area (Å²) in [5, 5.41) is 3.40. The van der Waals surface area contributed by atoms with Gasteiger partial charge in [-0.25, -0.2) is 0 Å². The van der Waals surface area contributed by atoms with Crippen LogP contribution in [0, 0.1) is 5.92 Å². The third kappa shape index (κ3) is 3.38. The molecule has 122 valence electrons. The van der Waals surface area contributed by atoms with Gasteiger partial charge in [-0.15, -0.1) is 11.3 Å². The molecule has 2 heterocycles. The molecule has 22 heavy (non-hydrogen) atoms. The molecule has 1 fully saturated rings. The second-order valence-corrected chi connectivity index (χ2v) is 8.02. The van der Waals surface area contributed by atoms with E-state index in [1.54, 1.807) is 11.3 Å². The van der Waals surface area contributed by atoms with Crippen molar-refractivity contribution in [3.05, 3.63) is 21.4 Å². The highest BCUT2D eigenvalue weighted by molar-refractivity contribution is 7.14. The van der Waals surface area contributed by atoms with Crippen LogP contribution in [-0.4, -0.2) is 36.5 Å². The van der Waals surface area contributed by atoms with Gasteiger partial charge in [0.1, 0.15) is 0 Å². The quantitative estimate of drug-likeness (QED) is 0.921. The lowest BCUT2D eigenvalue weighted by Gasteiger charge is -2.34. The van der Waals surface area contributed by atoms with E-state index in [1.807, 2.05) is 0 Å². The average molecular weight is 321 g/mol. The fourth-order valence-electron chi connectivity index (χ4n) is 3.76. The Labute approximate surface area is 138 Å². The topological polar surface area (TPSA) is 32.3 Å². The molecule has 0 radical (unpaired) electrons. The number of thiophene rings is 1. The number of carbonyl (C=O) groups is 1. The van der Waals surface area contributed by atoms with E-state index in [-0.39, 0.29) is 5.91 Å². The van der Waals surface area contributed by atoms with E-state index in [0.717, 1.165) is 62.5 Å². The fraction of sp³-hybridized carbons (Fsp3) is 0.722. The zero-order chi connectivity index (χ0) is 15.5. The molecular weight excluding hydrogens is 292 g/mol. The summed E-state index contributed by atoms with van der Waals surface area (Å²) >= 11 is 1.76. The zero-order valence-electron chi connectivity index (χ0n) is 13.9. The maximum Gasteiger partial charge on any atom is 0.264 e. The van der Waals surface area contributed by atoms with Crippen molar-refractivity contribution in [2.75, 3.05) is 19.6 Å². The Morgan fingerprint density at radius 2 is 2.14 bits per heavy atom. The summed E-state index contributed by atoms with van der Waals surface area (Å²) in [6.45, 7) is 7.46. The molecular formula is C18H28N2OS. The monoisotopic (exact) mass is 320 g/mol. The van der Waals surface area contributed by atoms with Crippen molar-refractivity contribution >= 4 is 17.2 Å². The smallest absolute Gasteiger partial charge is 0.264 e. The Bertz CT molecular complexity index is 519. The number of nitrogens with zero attached hydrogens (tertiary/aromatic N) is 1. The van der Waals surface area contributed by atoms with Crippen LogP contribution in [0.3, 0.4) is 0 Å². The predicted octanol–water partition coefficient (Wildman–Crippen LogP) is 3.48. The summed E-state index contributed by atoms with van der Waals surface area (Å²) in [6.07, 6.45) is 6.81. The molecule has 1 atom stereocenters. The minimum atomic E-state index is 0.279. The van der Waals surface area contributed by atoms with Crippen LogP contribution in [-0.2, 0) is 12.8 Å². The fourth-order valence-corrected chi connectivity index (χ4v) is 4.93. The minimum Gasteiger partial charge on any atom is -0.335 e. The van der Waals surface area contributed by atoms with E-state index in [1.165, 1.54) is 16.9 Å². The number of carbonyl (C=O) groups excluding carboxylic acids is 1. The Hall–Kier alpha value is -0.870. The van der Waals surface area contributed by atoms with Crippen molar-refractivity contribution in [2.24, 2.45) is 5.92 Å². The van der Waals surface area contributed by atoms with Crippen LogP contribution in [0.1, 0.15) is 59.6 Å². The highest BCUT2D eigenvalue weighted by atomic mass is 32.1. The van der Waals surface area contributed by atoms with Gasteiger partial charge >= 0.3 is 0 Å². The van der Waals surface area contributed by atoms with Crippen molar-refractivity contribution in [1.29, 1.82) is 0 Å². The first-order valence-electron chi connectivity index (χ1n) is 8.82. The number of rotatable bonds is 4. The zero-order valence-corrected chi connectivity index (χ0v) is 14.7. The number of aryl methyl sites for hydroxylation is 1. The summed E-state index contributed by atoms with van der Waals surface area (Å²) in [6, 6.07) is 2.62. The van der Waals surface area contributed by atoms with E-state index >= 15 is 0 Å². The molecule has 1 aliphatic heterocycles. The van der Waals surface area contributed by atoms with Crippen LogP contribution in [0.15, 0.2) is 6.07 Å². The molecule has 1 aromatic heterocycles. The normalized spacial score (nSPS) is 22.4. The molecule has 1 aromatic rings. The molecule has 4 heteroatoms. The van der Waals surface area contributed by atoms with Gasteiger partial charge in [-0.05, 0) is 69.2 Å². The highest BCUT2D eigenvalue weighted by Gasteiger charge is 2.28. The molecule has 0 spiro atoms. The molecule has 1 unspecified atom stereocenters. The van der Waals surface area contributed by atoms with Crippen LogP contribution >= 0.6 is 11.3 Å². The number of nitrogens with one attached hydrogen (secondary N) is 1. The number of amides is 1. The van der Waals surface area contributed by atoms with E-state index in [9.17, 15) is 4.79 Å². The highest BCUT2D eigenvalue weighted by Crippen LogP contribution is 2.33. The SMILES string of the molecule is CCCN(C(=O)c1cc2c(s1)CCC(C)C2)C1CCNCC1. The molecule has 1 aliphatic carbocycles. The molecule has 0 saturated carbocycles. The second kappa shape index (κ2) is 7.14. The molecule has 2 aliphatic rings. The van der Waals surface area contributed by atoms with Crippen LogP contribution in [0.5, 0.6) is 0 Å². The standard InChI is InChI=1S/C18H28N2OS/c1-3-10-20(15-6-8-19-9-7-15)18(21)17-12-14-11-13(2)4-5-16(14)22-17/h12-13,15,19H,3-11H2,1-2H3. The largest absolute Gasteiger partial charge is 0.335 e. The molecule has 0 aromatic carbocycles. The van der Waals surface area contributed by atoms with E-state index in [0.29, 0.717) is 6.04 Å². The predicted molar refractivity (Wildman–Crippen MR) is 92.7 cm³/mol. The third-order valence-electron chi connectivity index (χ3n) is 5.01. The van der Waals surface area contributed by atoms with Gasteiger partial charge in [0.15, 0.2) is 0 Å². The Kier molecular flexibility index (Phi) is 5.19. The van der Waals surface area contributed by atoms with E-state index in [2.05, 4.69) is 30.1 Å². The number of piperidine rings is 1. The second-order valence-electron chi connectivity index (χ2n) is 6.89. The van der Waals surface area contributed by atoms with Gasteiger partial charge < -0.3 is 10.2 Å². The molecule has 1 amide bonds. The molecule has 1 N–H and O–H groups in total. The van der Waals surface area contributed by atoms with Gasteiger partial charge in [0.2, 0.25) is 0 Å². The lowest BCUT2D eigenvalue weighted by atomic mass is 9.90. The van der Waals surface area contributed by atoms with Crippen molar-refractivity contribution in [3.63, 3.8) is 0 Å². The summed E-state index contributed by atoms with van der Waals surface area (Å²) in [5.74, 6) is 1.04. The lowest BCUT2D eigenvalue weighted by molar-refractivity contribution is 0.0647. The van der Waals surface area contributed by atoms with Crippen molar-refractivity contribution in [3.8, 4) is 0 Å². The summed E-state index contributed by atoms with van der Waals surface area (Å²) in [7, 11) is 0. The van der Waals surface area contributed by atoms with Gasteiger partial charge in [0.25, 0.3) is 5.91 Å². The van der Waals surface area contributed by atoms with Gasteiger partial charge in [-0.3, -0.25) is 4.79 Å². The number of hydrogen-bond donors (Lipinski definition) is 1. The molecule has 3 rings (SSSR count). The first-order chi connectivity index (χ1) is 10.7. The maximum atomic E-state index is 13.0. The average Bonchev–Trinajstić information content (AvgIpc) is 2.96. The van der Waals surface area contributed by atoms with Crippen molar-refractivity contribution in [2.45, 2.75) is 58.4 Å². The summed E-state index contributed by atoms with van der Waals surface area (Å²) in [4.78, 5) is 17.6. The van der Waals surface area contributed by atoms with Crippen LogP contribution in [0.2, 0.25) is 0 Å². The number of fused-ring (bicyclic) bond motifs is 1. The van der Waals surface area contributed by atoms with Gasteiger partial charge in [0.05, 0.1) is 4.88 Å². The van der Waals surface area contributed by atoms with Gasteiger partial charge in [-0.2, -0.15) is 0 Å².